The van der Waals surface area contributed by atoms with Gasteiger partial charge in [0.15, 0.2) is 5.78 Å². The summed E-state index contributed by atoms with van der Waals surface area (Å²) in [5.41, 5.74) is 7.43. The molecule has 1 fully saturated rings. The number of carbonyl (C=O) groups is 1. The summed E-state index contributed by atoms with van der Waals surface area (Å²) in [5.74, 6) is 0.248. The zero-order chi connectivity index (χ0) is 15.8. The van der Waals surface area contributed by atoms with Crippen molar-refractivity contribution in [2.75, 3.05) is 24.2 Å². The number of alkyl halides is 3. The summed E-state index contributed by atoms with van der Waals surface area (Å²) >= 11 is 1.23. The summed E-state index contributed by atoms with van der Waals surface area (Å²) in [5, 5.41) is 0.719. The van der Waals surface area contributed by atoms with Crippen molar-refractivity contribution in [2.45, 2.75) is 44.7 Å². The van der Waals surface area contributed by atoms with Crippen LogP contribution in [0, 0.1) is 0 Å². The van der Waals surface area contributed by atoms with E-state index in [0.717, 1.165) is 23.4 Å². The number of halogens is 3. The number of ketones is 1. The predicted octanol–water partition coefficient (Wildman–Crippen LogP) is 4.19. The van der Waals surface area contributed by atoms with Gasteiger partial charge in [0.25, 0.3) is 0 Å². The number of nitrogens with two attached hydrogens (primary N) is 1. The minimum Gasteiger partial charge on any atom is -0.397 e. The maximum atomic E-state index is 12.4. The van der Waals surface area contributed by atoms with Gasteiger partial charge in [-0.05, 0) is 18.8 Å². The summed E-state index contributed by atoms with van der Waals surface area (Å²) in [7, 11) is 1.63. The molecule has 1 aliphatic carbocycles. The van der Waals surface area contributed by atoms with Crippen LogP contribution in [0.3, 0.4) is 0 Å². The van der Waals surface area contributed by atoms with Crippen molar-refractivity contribution in [3.63, 3.8) is 0 Å². The second-order valence-corrected chi connectivity index (χ2v) is 6.40. The molecule has 0 saturated heterocycles. The lowest BCUT2D eigenvalue weighted by Crippen LogP contribution is -2.24. The molecule has 1 saturated carbocycles. The number of nitrogen functional groups attached to an aromatic ring is 1. The molecule has 1 aliphatic rings. The topological polar surface area (TPSA) is 46.3 Å². The third kappa shape index (κ3) is 3.70. The largest absolute Gasteiger partial charge is 0.397 e. The first-order valence-electron chi connectivity index (χ1n) is 6.97. The Hall–Kier alpha value is -1.24. The van der Waals surface area contributed by atoms with Crippen LogP contribution in [0.1, 0.15) is 53.8 Å². The SMILES string of the molecule is CCC(=O)c1sc(N(C)CCC(F)(F)F)c(C2CC2)c1N. The Balaban J connectivity index is 2.27. The highest BCUT2D eigenvalue weighted by atomic mass is 32.1. The monoisotopic (exact) mass is 320 g/mol. The first-order chi connectivity index (χ1) is 9.74. The van der Waals surface area contributed by atoms with E-state index < -0.39 is 12.6 Å². The lowest BCUT2D eigenvalue weighted by molar-refractivity contribution is -0.132. The summed E-state index contributed by atoms with van der Waals surface area (Å²) in [6.07, 6.45) is -2.73. The molecule has 0 unspecified atom stereocenters. The summed E-state index contributed by atoms with van der Waals surface area (Å²) < 4.78 is 37.1. The zero-order valence-electron chi connectivity index (χ0n) is 12.1. The highest BCUT2D eigenvalue weighted by Gasteiger charge is 2.34. The molecule has 1 aromatic heterocycles. The van der Waals surface area contributed by atoms with Crippen molar-refractivity contribution in [1.29, 1.82) is 0 Å². The van der Waals surface area contributed by atoms with E-state index in [0.29, 0.717) is 22.9 Å². The second-order valence-electron chi connectivity index (χ2n) is 5.40. The highest BCUT2D eigenvalue weighted by molar-refractivity contribution is 7.18. The smallest absolute Gasteiger partial charge is 0.390 e. The van der Waals surface area contributed by atoms with Crippen LogP contribution in [0.15, 0.2) is 0 Å². The Bertz CT molecular complexity index is 535. The molecule has 0 amide bonds. The van der Waals surface area contributed by atoms with E-state index in [1.807, 2.05) is 0 Å². The van der Waals surface area contributed by atoms with E-state index >= 15 is 0 Å². The predicted molar refractivity (Wildman–Crippen MR) is 79.3 cm³/mol. The highest BCUT2D eigenvalue weighted by Crippen LogP contribution is 2.52. The fourth-order valence-electron chi connectivity index (χ4n) is 2.26. The Morgan fingerprint density at radius 1 is 1.43 bits per heavy atom. The van der Waals surface area contributed by atoms with E-state index in [1.165, 1.54) is 11.3 Å². The zero-order valence-corrected chi connectivity index (χ0v) is 12.9. The van der Waals surface area contributed by atoms with Gasteiger partial charge in [-0.3, -0.25) is 4.79 Å². The molecule has 1 heterocycles. The second kappa shape index (κ2) is 5.87. The Morgan fingerprint density at radius 3 is 2.52 bits per heavy atom. The maximum Gasteiger partial charge on any atom is 0.390 e. The van der Waals surface area contributed by atoms with Gasteiger partial charge in [0.05, 0.1) is 22.0 Å². The molecule has 0 aliphatic heterocycles. The van der Waals surface area contributed by atoms with Gasteiger partial charge in [0.1, 0.15) is 0 Å². The van der Waals surface area contributed by atoms with Crippen molar-refractivity contribution in [3.8, 4) is 0 Å². The Kier molecular flexibility index (Phi) is 4.51. The molecule has 1 aromatic rings. The van der Waals surface area contributed by atoms with Crippen molar-refractivity contribution in [3.05, 3.63) is 10.4 Å². The average Bonchev–Trinajstić information content (AvgIpc) is 3.18. The van der Waals surface area contributed by atoms with Gasteiger partial charge in [-0.2, -0.15) is 13.2 Å². The number of Topliss-reactive ketones (excluding diaryl/α,β-unsaturated/α-hetero) is 1. The van der Waals surface area contributed by atoms with E-state index in [1.54, 1.807) is 18.9 Å². The molecule has 0 atom stereocenters. The Labute approximate surface area is 125 Å². The lowest BCUT2D eigenvalue weighted by atomic mass is 10.1. The van der Waals surface area contributed by atoms with Gasteiger partial charge in [-0.15, -0.1) is 11.3 Å². The molecule has 118 valence electrons. The standard InChI is InChI=1S/C14H19F3N2OS/c1-3-9(20)12-11(18)10(8-4-5-8)13(21-12)19(2)7-6-14(15,16)17/h8H,3-7,18H2,1-2H3. The van der Waals surface area contributed by atoms with Gasteiger partial charge in [-0.25, -0.2) is 0 Å². The van der Waals surface area contributed by atoms with Crippen molar-refractivity contribution >= 4 is 27.8 Å². The Morgan fingerprint density at radius 2 is 2.05 bits per heavy atom. The van der Waals surface area contributed by atoms with Crippen molar-refractivity contribution < 1.29 is 18.0 Å². The number of thiophene rings is 1. The molecular weight excluding hydrogens is 301 g/mol. The number of hydrogen-bond acceptors (Lipinski definition) is 4. The van der Waals surface area contributed by atoms with Crippen LogP contribution in [0.2, 0.25) is 0 Å². The molecule has 0 bridgehead atoms. The number of carbonyl (C=O) groups excluding carboxylic acids is 1. The van der Waals surface area contributed by atoms with Gasteiger partial charge < -0.3 is 10.6 Å². The normalized spacial score (nSPS) is 15.3. The molecule has 0 aromatic carbocycles. The van der Waals surface area contributed by atoms with Crippen LogP contribution < -0.4 is 10.6 Å². The van der Waals surface area contributed by atoms with Crippen LogP contribution in [0.4, 0.5) is 23.9 Å². The van der Waals surface area contributed by atoms with E-state index in [4.69, 9.17) is 5.73 Å². The fraction of sp³-hybridized carbons (Fsp3) is 0.643. The van der Waals surface area contributed by atoms with E-state index in [-0.39, 0.29) is 12.3 Å². The minimum atomic E-state index is -4.18. The number of rotatable bonds is 6. The fourth-order valence-corrected chi connectivity index (χ4v) is 3.56. The van der Waals surface area contributed by atoms with E-state index in [2.05, 4.69) is 0 Å². The molecule has 2 N–H and O–H groups in total. The van der Waals surface area contributed by atoms with E-state index in [9.17, 15) is 18.0 Å². The van der Waals surface area contributed by atoms with Crippen LogP contribution in [-0.2, 0) is 0 Å². The first-order valence-corrected chi connectivity index (χ1v) is 7.79. The molecule has 21 heavy (non-hydrogen) atoms. The van der Waals surface area contributed by atoms with Crippen molar-refractivity contribution in [1.82, 2.24) is 0 Å². The molecule has 7 heteroatoms. The van der Waals surface area contributed by atoms with Gasteiger partial charge in [-0.1, -0.05) is 6.92 Å². The van der Waals surface area contributed by atoms with Crippen LogP contribution in [-0.4, -0.2) is 25.6 Å². The molecule has 0 radical (unpaired) electrons. The minimum absolute atomic E-state index is 0.0464. The van der Waals surface area contributed by atoms with Crippen LogP contribution in [0.25, 0.3) is 0 Å². The molecule has 3 nitrogen and oxygen atoms in total. The maximum absolute atomic E-state index is 12.4. The number of nitrogens with zero attached hydrogens (tertiary/aromatic N) is 1. The van der Waals surface area contributed by atoms with Gasteiger partial charge >= 0.3 is 6.18 Å². The first kappa shape index (κ1) is 16.1. The van der Waals surface area contributed by atoms with Gasteiger partial charge in [0.2, 0.25) is 0 Å². The van der Waals surface area contributed by atoms with Crippen molar-refractivity contribution in [2.24, 2.45) is 0 Å². The summed E-state index contributed by atoms with van der Waals surface area (Å²) in [6.45, 7) is 1.63. The average molecular weight is 320 g/mol. The lowest BCUT2D eigenvalue weighted by Gasteiger charge is -2.20. The number of hydrogen-bond donors (Lipinski definition) is 1. The summed E-state index contributed by atoms with van der Waals surface area (Å²) in [6, 6.07) is 0. The summed E-state index contributed by atoms with van der Waals surface area (Å²) in [4.78, 5) is 14.0. The third-order valence-corrected chi connectivity index (χ3v) is 4.98. The quantitative estimate of drug-likeness (QED) is 0.800. The molecular formula is C14H19F3N2OS. The van der Waals surface area contributed by atoms with Gasteiger partial charge in [0, 0.05) is 25.6 Å². The number of anilines is 2. The third-order valence-electron chi connectivity index (χ3n) is 3.60. The van der Waals surface area contributed by atoms with Crippen LogP contribution in [0.5, 0.6) is 0 Å². The molecule has 2 rings (SSSR count). The molecule has 0 spiro atoms. The van der Waals surface area contributed by atoms with Crippen LogP contribution >= 0.6 is 11.3 Å².